The minimum atomic E-state index is 0. The van der Waals surface area contributed by atoms with Crippen LogP contribution in [-0.4, -0.2) is 36.0 Å². The summed E-state index contributed by atoms with van der Waals surface area (Å²) in [5, 5.41) is 12.1. The molecular weight excluding hydrogens is 262 g/mol. The van der Waals surface area contributed by atoms with Gasteiger partial charge in [-0.15, -0.1) is 12.4 Å². The van der Waals surface area contributed by atoms with Crippen LogP contribution in [0.15, 0.2) is 24.3 Å². The molecule has 2 atom stereocenters. The Bertz CT molecular complexity index is 480. The van der Waals surface area contributed by atoms with Crippen LogP contribution in [0, 0.1) is 11.3 Å². The van der Waals surface area contributed by atoms with Crippen LogP contribution in [0.1, 0.15) is 29.8 Å². The highest BCUT2D eigenvalue weighted by atomic mass is 35.5. The summed E-state index contributed by atoms with van der Waals surface area (Å²) in [4.78, 5) is 14.3. The molecule has 4 nitrogen and oxygen atoms in total. The number of nitriles is 1. The Balaban J connectivity index is 0.00000180. The summed E-state index contributed by atoms with van der Waals surface area (Å²) in [6.45, 7) is 5.66. The van der Waals surface area contributed by atoms with E-state index in [0.29, 0.717) is 17.2 Å². The van der Waals surface area contributed by atoms with Crippen molar-refractivity contribution in [2.45, 2.75) is 25.9 Å². The fourth-order valence-corrected chi connectivity index (χ4v) is 2.16. The van der Waals surface area contributed by atoms with Gasteiger partial charge in [-0.3, -0.25) is 4.79 Å². The zero-order valence-corrected chi connectivity index (χ0v) is 11.9. The van der Waals surface area contributed by atoms with E-state index >= 15 is 0 Å². The van der Waals surface area contributed by atoms with Gasteiger partial charge < -0.3 is 10.2 Å². The molecule has 1 amide bonds. The maximum absolute atomic E-state index is 12.4. The van der Waals surface area contributed by atoms with Gasteiger partial charge in [0.1, 0.15) is 0 Å². The summed E-state index contributed by atoms with van der Waals surface area (Å²) >= 11 is 0. The summed E-state index contributed by atoms with van der Waals surface area (Å²) in [7, 11) is 0. The first kappa shape index (κ1) is 15.5. The highest BCUT2D eigenvalue weighted by Gasteiger charge is 2.27. The van der Waals surface area contributed by atoms with Crippen molar-refractivity contribution in [3.63, 3.8) is 0 Å². The molecule has 19 heavy (non-hydrogen) atoms. The first-order chi connectivity index (χ1) is 8.61. The normalized spacial score (nSPS) is 22.3. The van der Waals surface area contributed by atoms with Crippen LogP contribution in [0.2, 0.25) is 0 Å². The Kier molecular flexibility index (Phi) is 5.34. The average Bonchev–Trinajstić information content (AvgIpc) is 2.41. The lowest BCUT2D eigenvalue weighted by Gasteiger charge is -2.37. The van der Waals surface area contributed by atoms with E-state index in [2.05, 4.69) is 18.3 Å². The molecule has 0 saturated carbocycles. The van der Waals surface area contributed by atoms with Gasteiger partial charge in [0.2, 0.25) is 0 Å². The third kappa shape index (κ3) is 3.46. The number of nitrogens with one attached hydrogen (secondary N) is 1. The van der Waals surface area contributed by atoms with Crippen molar-refractivity contribution in [2.24, 2.45) is 0 Å². The third-order valence-corrected chi connectivity index (χ3v) is 3.29. The quantitative estimate of drug-likeness (QED) is 0.853. The van der Waals surface area contributed by atoms with Crippen LogP contribution in [0.5, 0.6) is 0 Å². The smallest absolute Gasteiger partial charge is 0.254 e. The molecule has 0 spiro atoms. The van der Waals surface area contributed by atoms with E-state index in [9.17, 15) is 4.79 Å². The predicted molar refractivity (Wildman–Crippen MR) is 76.4 cm³/mol. The molecule has 0 aliphatic carbocycles. The van der Waals surface area contributed by atoms with Crippen molar-refractivity contribution < 1.29 is 4.79 Å². The standard InChI is InChI=1S/C14H17N3O.ClH/c1-10-9-17(11(2)8-16-10)14(18)13-5-3-12(7-15)4-6-13;/h3-6,10-11,16H,8-9H2,1-2H3;1H. The van der Waals surface area contributed by atoms with Crippen molar-refractivity contribution in [1.82, 2.24) is 10.2 Å². The zero-order valence-electron chi connectivity index (χ0n) is 11.1. The summed E-state index contributed by atoms with van der Waals surface area (Å²) in [6, 6.07) is 9.39. The Hall–Kier alpha value is -1.57. The van der Waals surface area contributed by atoms with Crippen LogP contribution in [0.3, 0.4) is 0 Å². The van der Waals surface area contributed by atoms with E-state index in [1.807, 2.05) is 11.8 Å². The maximum atomic E-state index is 12.4. The van der Waals surface area contributed by atoms with Crippen molar-refractivity contribution in [2.75, 3.05) is 13.1 Å². The van der Waals surface area contributed by atoms with Crippen LogP contribution in [-0.2, 0) is 0 Å². The second-order valence-corrected chi connectivity index (χ2v) is 4.80. The lowest BCUT2D eigenvalue weighted by atomic mass is 10.1. The Morgan fingerprint density at radius 2 is 2.00 bits per heavy atom. The number of piperazine rings is 1. The van der Waals surface area contributed by atoms with Gasteiger partial charge in [-0.25, -0.2) is 0 Å². The Labute approximate surface area is 119 Å². The molecule has 5 heteroatoms. The van der Waals surface area contributed by atoms with Crippen LogP contribution >= 0.6 is 12.4 Å². The van der Waals surface area contributed by atoms with E-state index in [0.717, 1.165) is 13.1 Å². The van der Waals surface area contributed by atoms with E-state index in [1.165, 1.54) is 0 Å². The molecule has 0 bridgehead atoms. The predicted octanol–water partition coefficient (Wildman–Crippen LogP) is 1.80. The van der Waals surface area contributed by atoms with E-state index in [-0.39, 0.29) is 24.4 Å². The second-order valence-electron chi connectivity index (χ2n) is 4.80. The summed E-state index contributed by atoms with van der Waals surface area (Å²) in [6.07, 6.45) is 0. The van der Waals surface area contributed by atoms with Gasteiger partial charge in [0, 0.05) is 30.7 Å². The molecule has 102 valence electrons. The first-order valence-electron chi connectivity index (χ1n) is 6.16. The summed E-state index contributed by atoms with van der Waals surface area (Å²) in [5.74, 6) is 0.0420. The van der Waals surface area contributed by atoms with Crippen molar-refractivity contribution in [1.29, 1.82) is 5.26 Å². The number of hydrogen-bond donors (Lipinski definition) is 1. The van der Waals surface area contributed by atoms with Crippen molar-refractivity contribution in [3.8, 4) is 6.07 Å². The van der Waals surface area contributed by atoms with Crippen LogP contribution in [0.25, 0.3) is 0 Å². The largest absolute Gasteiger partial charge is 0.333 e. The van der Waals surface area contributed by atoms with Crippen molar-refractivity contribution in [3.05, 3.63) is 35.4 Å². The van der Waals surface area contributed by atoms with Gasteiger partial charge in [-0.2, -0.15) is 5.26 Å². The Morgan fingerprint density at radius 1 is 1.37 bits per heavy atom. The molecule has 1 aliphatic rings. The van der Waals surface area contributed by atoms with Gasteiger partial charge in [-0.1, -0.05) is 0 Å². The van der Waals surface area contributed by atoms with E-state index < -0.39 is 0 Å². The molecular formula is C14H18ClN3O. The first-order valence-corrected chi connectivity index (χ1v) is 6.16. The van der Waals surface area contributed by atoms with E-state index in [1.54, 1.807) is 24.3 Å². The second kappa shape index (κ2) is 6.55. The van der Waals surface area contributed by atoms with Crippen LogP contribution < -0.4 is 5.32 Å². The highest BCUT2D eigenvalue weighted by molar-refractivity contribution is 5.94. The van der Waals surface area contributed by atoms with Gasteiger partial charge in [0.15, 0.2) is 0 Å². The molecule has 1 fully saturated rings. The van der Waals surface area contributed by atoms with Crippen molar-refractivity contribution >= 4 is 18.3 Å². The zero-order chi connectivity index (χ0) is 13.1. The SMILES string of the molecule is CC1CN(C(=O)c2ccc(C#N)cc2)C(C)CN1.Cl. The van der Waals surface area contributed by atoms with E-state index in [4.69, 9.17) is 5.26 Å². The highest BCUT2D eigenvalue weighted by Crippen LogP contribution is 2.13. The van der Waals surface area contributed by atoms with Gasteiger partial charge in [0.25, 0.3) is 5.91 Å². The number of carbonyl (C=O) groups is 1. The molecule has 2 unspecified atom stereocenters. The number of benzene rings is 1. The summed E-state index contributed by atoms with van der Waals surface area (Å²) < 4.78 is 0. The van der Waals surface area contributed by atoms with Gasteiger partial charge >= 0.3 is 0 Å². The lowest BCUT2D eigenvalue weighted by molar-refractivity contribution is 0.0616. The number of carbonyl (C=O) groups excluding carboxylic acids is 1. The molecule has 1 aliphatic heterocycles. The summed E-state index contributed by atoms with van der Waals surface area (Å²) in [5.41, 5.74) is 1.23. The molecule has 1 saturated heterocycles. The number of amides is 1. The Morgan fingerprint density at radius 3 is 2.58 bits per heavy atom. The molecule has 1 heterocycles. The molecule has 1 N–H and O–H groups in total. The number of hydrogen-bond acceptors (Lipinski definition) is 3. The topological polar surface area (TPSA) is 56.1 Å². The molecule has 1 aromatic rings. The average molecular weight is 280 g/mol. The lowest BCUT2D eigenvalue weighted by Crippen LogP contribution is -2.56. The molecule has 0 aromatic heterocycles. The molecule has 0 radical (unpaired) electrons. The number of halogens is 1. The van der Waals surface area contributed by atoms with Gasteiger partial charge in [-0.05, 0) is 38.1 Å². The maximum Gasteiger partial charge on any atom is 0.254 e. The minimum Gasteiger partial charge on any atom is -0.333 e. The number of rotatable bonds is 1. The number of nitrogens with zero attached hydrogens (tertiary/aromatic N) is 2. The van der Waals surface area contributed by atoms with Gasteiger partial charge in [0.05, 0.1) is 11.6 Å². The minimum absolute atomic E-state index is 0. The third-order valence-electron chi connectivity index (χ3n) is 3.29. The van der Waals surface area contributed by atoms with Crippen LogP contribution in [0.4, 0.5) is 0 Å². The molecule has 2 rings (SSSR count). The fourth-order valence-electron chi connectivity index (χ4n) is 2.16. The molecule has 1 aromatic carbocycles. The fraction of sp³-hybridized carbons (Fsp3) is 0.429. The monoisotopic (exact) mass is 279 g/mol.